The Labute approximate surface area is 150 Å². The molecule has 3 rings (SSSR count). The van der Waals surface area contributed by atoms with Crippen molar-refractivity contribution in [2.24, 2.45) is 0 Å². The number of rotatable bonds is 4. The van der Waals surface area contributed by atoms with E-state index in [1.807, 2.05) is 31.2 Å². The number of amides is 1. The zero-order chi connectivity index (χ0) is 18.1. The molecule has 1 amide bonds. The van der Waals surface area contributed by atoms with Gasteiger partial charge in [0.05, 0.1) is 4.92 Å². The van der Waals surface area contributed by atoms with Gasteiger partial charge in [0.2, 0.25) is 0 Å². The molecule has 0 saturated heterocycles. The van der Waals surface area contributed by atoms with Gasteiger partial charge in [0.25, 0.3) is 5.91 Å². The first-order valence-corrected chi connectivity index (χ1v) is 8.28. The number of hydrogen-bond donors (Lipinski definition) is 0. The lowest BCUT2D eigenvalue weighted by molar-refractivity contribution is -0.386. The molecule has 0 bridgehead atoms. The van der Waals surface area contributed by atoms with Crippen LogP contribution in [0.4, 0.5) is 11.4 Å². The summed E-state index contributed by atoms with van der Waals surface area (Å²) >= 11 is 5.80. The molecule has 0 radical (unpaired) electrons. The molecule has 1 aliphatic rings. The van der Waals surface area contributed by atoms with Crippen LogP contribution in [0.5, 0.6) is 5.75 Å². The number of para-hydroxylation sites is 1. The highest BCUT2D eigenvalue weighted by molar-refractivity contribution is 6.30. The summed E-state index contributed by atoms with van der Waals surface area (Å²) in [5, 5.41) is 11.4. The van der Waals surface area contributed by atoms with Crippen LogP contribution >= 0.6 is 11.6 Å². The molecule has 6 nitrogen and oxygen atoms in total. The topological polar surface area (TPSA) is 72.7 Å². The van der Waals surface area contributed by atoms with Crippen molar-refractivity contribution in [2.75, 3.05) is 4.90 Å². The third-order valence-corrected chi connectivity index (χ3v) is 4.45. The van der Waals surface area contributed by atoms with Crippen LogP contribution in [-0.2, 0) is 11.2 Å². The van der Waals surface area contributed by atoms with Crippen LogP contribution in [0.2, 0.25) is 5.02 Å². The Bertz CT molecular complexity index is 840. The summed E-state index contributed by atoms with van der Waals surface area (Å²) in [4.78, 5) is 25.2. The molecule has 1 heterocycles. The van der Waals surface area contributed by atoms with Gasteiger partial charge in [-0.15, -0.1) is 0 Å². The summed E-state index contributed by atoms with van der Waals surface area (Å²) in [5.41, 5.74) is 1.70. The third kappa shape index (κ3) is 3.30. The standard InChI is InChI=1S/C18H17ClN2O4/c1-11-9-13-5-3-4-6-15(13)20(11)18(22)12(2)25-17-8-7-14(19)10-16(17)21(23)24/h3-8,10-12H,9H2,1-2H3/t11-,12-/m0/s1. The van der Waals surface area contributed by atoms with E-state index in [0.717, 1.165) is 17.7 Å². The Hall–Kier alpha value is -2.60. The molecule has 0 aromatic heterocycles. The Kier molecular flexibility index (Phi) is 4.63. The zero-order valence-electron chi connectivity index (χ0n) is 13.8. The van der Waals surface area contributed by atoms with Gasteiger partial charge in [0, 0.05) is 22.8 Å². The summed E-state index contributed by atoms with van der Waals surface area (Å²) < 4.78 is 5.61. The first-order chi connectivity index (χ1) is 11.9. The van der Waals surface area contributed by atoms with Crippen LogP contribution in [0, 0.1) is 10.1 Å². The summed E-state index contributed by atoms with van der Waals surface area (Å²) in [6, 6.07) is 11.8. The maximum atomic E-state index is 12.9. The van der Waals surface area contributed by atoms with E-state index in [9.17, 15) is 14.9 Å². The molecule has 0 N–H and O–H groups in total. The van der Waals surface area contributed by atoms with Gasteiger partial charge in [-0.2, -0.15) is 0 Å². The monoisotopic (exact) mass is 360 g/mol. The summed E-state index contributed by atoms with van der Waals surface area (Å²) in [7, 11) is 0. The van der Waals surface area contributed by atoms with Crippen LogP contribution in [-0.4, -0.2) is 23.0 Å². The van der Waals surface area contributed by atoms with Gasteiger partial charge in [0.15, 0.2) is 11.9 Å². The molecule has 0 spiro atoms. The number of carbonyl (C=O) groups is 1. The van der Waals surface area contributed by atoms with Gasteiger partial charge in [-0.05, 0) is 44.0 Å². The van der Waals surface area contributed by atoms with E-state index >= 15 is 0 Å². The molecule has 0 unspecified atom stereocenters. The minimum atomic E-state index is -0.867. The minimum Gasteiger partial charge on any atom is -0.474 e. The molecule has 0 fully saturated rings. The summed E-state index contributed by atoms with van der Waals surface area (Å²) in [6.45, 7) is 3.56. The van der Waals surface area contributed by atoms with E-state index in [1.54, 1.807) is 11.8 Å². The number of nitro benzene ring substituents is 1. The van der Waals surface area contributed by atoms with Gasteiger partial charge in [-0.1, -0.05) is 29.8 Å². The molecular formula is C18H17ClN2O4. The fourth-order valence-corrected chi connectivity index (χ4v) is 3.24. The lowest BCUT2D eigenvalue weighted by Gasteiger charge is -2.26. The van der Waals surface area contributed by atoms with Crippen molar-refractivity contribution < 1.29 is 14.5 Å². The predicted octanol–water partition coefficient (Wildman–Crippen LogP) is 3.99. The lowest BCUT2D eigenvalue weighted by Crippen LogP contribution is -2.43. The SMILES string of the molecule is C[C@H](Oc1ccc(Cl)cc1[N+](=O)[O-])C(=O)N1c2ccccc2C[C@@H]1C. The van der Waals surface area contributed by atoms with Crippen molar-refractivity contribution in [3.63, 3.8) is 0 Å². The Morgan fingerprint density at radius 1 is 1.36 bits per heavy atom. The minimum absolute atomic E-state index is 0.0103. The molecular weight excluding hydrogens is 344 g/mol. The van der Waals surface area contributed by atoms with E-state index in [2.05, 4.69) is 0 Å². The number of nitro groups is 1. The van der Waals surface area contributed by atoms with Crippen LogP contribution in [0.1, 0.15) is 19.4 Å². The van der Waals surface area contributed by atoms with Gasteiger partial charge in [-0.3, -0.25) is 14.9 Å². The number of carbonyl (C=O) groups excluding carboxylic acids is 1. The quantitative estimate of drug-likeness (QED) is 0.610. The number of fused-ring (bicyclic) bond motifs is 1. The Morgan fingerprint density at radius 2 is 2.08 bits per heavy atom. The summed E-state index contributed by atoms with van der Waals surface area (Å²) in [5.74, 6) is -0.211. The van der Waals surface area contributed by atoms with Gasteiger partial charge in [0.1, 0.15) is 0 Å². The average molecular weight is 361 g/mol. The molecule has 2 atom stereocenters. The third-order valence-electron chi connectivity index (χ3n) is 4.21. The van der Waals surface area contributed by atoms with E-state index in [4.69, 9.17) is 16.3 Å². The van der Waals surface area contributed by atoms with Crippen molar-refractivity contribution >= 4 is 28.9 Å². The number of hydrogen-bond acceptors (Lipinski definition) is 4. The van der Waals surface area contributed by atoms with Crippen molar-refractivity contribution in [2.45, 2.75) is 32.4 Å². The van der Waals surface area contributed by atoms with Crippen molar-refractivity contribution in [3.05, 3.63) is 63.2 Å². The molecule has 7 heteroatoms. The van der Waals surface area contributed by atoms with Crippen molar-refractivity contribution in [1.82, 2.24) is 0 Å². The van der Waals surface area contributed by atoms with E-state index in [0.29, 0.717) is 0 Å². The molecule has 2 aromatic rings. The highest BCUT2D eigenvalue weighted by Crippen LogP contribution is 2.34. The van der Waals surface area contributed by atoms with Crippen LogP contribution in [0.3, 0.4) is 0 Å². The second-order valence-corrected chi connectivity index (χ2v) is 6.46. The molecule has 130 valence electrons. The Morgan fingerprint density at radius 3 is 2.80 bits per heavy atom. The highest BCUT2D eigenvalue weighted by Gasteiger charge is 2.34. The van der Waals surface area contributed by atoms with Gasteiger partial charge < -0.3 is 9.64 Å². The predicted molar refractivity (Wildman–Crippen MR) is 95.3 cm³/mol. The van der Waals surface area contributed by atoms with Crippen LogP contribution in [0.25, 0.3) is 0 Å². The maximum absolute atomic E-state index is 12.9. The smallest absolute Gasteiger partial charge is 0.312 e. The van der Waals surface area contributed by atoms with Crippen molar-refractivity contribution in [1.29, 1.82) is 0 Å². The lowest BCUT2D eigenvalue weighted by atomic mass is 10.1. The number of nitrogens with zero attached hydrogens (tertiary/aromatic N) is 2. The first kappa shape index (κ1) is 17.2. The second-order valence-electron chi connectivity index (χ2n) is 6.02. The second kappa shape index (κ2) is 6.72. The van der Waals surface area contributed by atoms with Gasteiger partial charge >= 0.3 is 5.69 Å². The fourth-order valence-electron chi connectivity index (χ4n) is 3.07. The molecule has 1 aliphatic heterocycles. The zero-order valence-corrected chi connectivity index (χ0v) is 14.6. The number of anilines is 1. The number of benzene rings is 2. The average Bonchev–Trinajstić information content (AvgIpc) is 2.91. The number of ether oxygens (including phenoxy) is 1. The van der Waals surface area contributed by atoms with Crippen LogP contribution < -0.4 is 9.64 Å². The fraction of sp³-hybridized carbons (Fsp3) is 0.278. The van der Waals surface area contributed by atoms with E-state index in [1.165, 1.54) is 18.2 Å². The normalized spacial score (nSPS) is 17.1. The van der Waals surface area contributed by atoms with E-state index < -0.39 is 11.0 Å². The Balaban J connectivity index is 1.84. The van der Waals surface area contributed by atoms with E-state index in [-0.39, 0.29) is 28.4 Å². The highest BCUT2D eigenvalue weighted by atomic mass is 35.5. The molecule has 25 heavy (non-hydrogen) atoms. The largest absolute Gasteiger partial charge is 0.474 e. The van der Waals surface area contributed by atoms with Crippen molar-refractivity contribution in [3.8, 4) is 5.75 Å². The molecule has 2 aromatic carbocycles. The van der Waals surface area contributed by atoms with Gasteiger partial charge in [-0.25, -0.2) is 0 Å². The first-order valence-electron chi connectivity index (χ1n) is 7.90. The number of halogens is 1. The van der Waals surface area contributed by atoms with Crippen LogP contribution in [0.15, 0.2) is 42.5 Å². The summed E-state index contributed by atoms with van der Waals surface area (Å²) in [6.07, 6.45) is -0.0936. The molecule has 0 saturated carbocycles. The molecule has 0 aliphatic carbocycles. The maximum Gasteiger partial charge on any atom is 0.312 e.